The van der Waals surface area contributed by atoms with Crippen molar-refractivity contribution in [1.82, 2.24) is 0 Å². The van der Waals surface area contributed by atoms with E-state index in [9.17, 15) is 0 Å². The third-order valence-electron chi connectivity index (χ3n) is 19.1. The van der Waals surface area contributed by atoms with Gasteiger partial charge in [0, 0.05) is 39.3 Å². The van der Waals surface area contributed by atoms with Crippen LogP contribution in [-0.4, -0.2) is 0 Å². The third kappa shape index (κ3) is 6.90. The highest BCUT2D eigenvalue weighted by molar-refractivity contribution is 6.03. The molecule has 2 saturated carbocycles. The maximum absolute atomic E-state index is 2.63. The normalized spacial score (nSPS) is 19.1. The molecular weight excluding hydrogens is 953 g/mol. The van der Waals surface area contributed by atoms with E-state index < -0.39 is 5.41 Å². The lowest BCUT2D eigenvalue weighted by Crippen LogP contribution is -2.27. The molecule has 79 heavy (non-hydrogen) atoms. The van der Waals surface area contributed by atoms with Crippen molar-refractivity contribution in [3.05, 3.63) is 300 Å². The fourth-order valence-corrected chi connectivity index (χ4v) is 15.7. The van der Waals surface area contributed by atoms with E-state index in [2.05, 4.69) is 285 Å². The quantitative estimate of drug-likeness (QED) is 0.142. The Balaban J connectivity index is 1.01. The van der Waals surface area contributed by atoms with Crippen LogP contribution in [0.5, 0.6) is 0 Å². The molecule has 0 saturated heterocycles. The topological polar surface area (TPSA) is 6.48 Å². The summed E-state index contributed by atoms with van der Waals surface area (Å²) in [5, 5.41) is 0. The summed E-state index contributed by atoms with van der Waals surface area (Å²) in [5.74, 6) is 2.25. The van der Waals surface area contributed by atoms with Gasteiger partial charge in [0.15, 0.2) is 0 Å². The fraction of sp³-hybridized carbons (Fsp3) is 0.143. The summed E-state index contributed by atoms with van der Waals surface area (Å²) in [5.41, 5.74) is 28.2. The summed E-state index contributed by atoms with van der Waals surface area (Å²) in [6, 6.07) is 99.1. The number of fused-ring (bicyclic) bond motifs is 15. The molecule has 2 bridgehead atoms. The highest BCUT2D eigenvalue weighted by atomic mass is 15.2. The summed E-state index contributed by atoms with van der Waals surface area (Å²) in [6.07, 6.45) is 5.44. The first-order valence-electron chi connectivity index (χ1n) is 28.7. The lowest BCUT2D eigenvalue weighted by molar-refractivity contribution is 0.420. The molecular formula is C77H60N2. The Morgan fingerprint density at radius 1 is 0.316 bits per heavy atom. The Labute approximate surface area is 465 Å². The molecule has 378 valence electrons. The number of hydrogen-bond donors (Lipinski definition) is 0. The molecule has 0 radical (unpaired) electrons. The highest BCUT2D eigenvalue weighted by Gasteiger charge is 2.53. The Kier molecular flexibility index (Phi) is 10.4. The predicted molar refractivity (Wildman–Crippen MR) is 329 cm³/mol. The van der Waals surface area contributed by atoms with Gasteiger partial charge in [-0.25, -0.2) is 0 Å². The number of hydrogen-bond acceptors (Lipinski definition) is 2. The number of rotatable bonds is 9. The number of benzene rings is 11. The third-order valence-corrected chi connectivity index (χ3v) is 19.1. The molecule has 0 heterocycles. The van der Waals surface area contributed by atoms with E-state index in [1.54, 1.807) is 0 Å². The van der Waals surface area contributed by atoms with Gasteiger partial charge in [-0.3, -0.25) is 0 Å². The molecule has 0 aromatic heterocycles. The van der Waals surface area contributed by atoms with Crippen LogP contribution in [0.25, 0.3) is 55.6 Å². The molecule has 0 N–H and O–H groups in total. The average Bonchev–Trinajstić information content (AvgIpc) is 3.50. The number of anilines is 6. The predicted octanol–water partition coefficient (Wildman–Crippen LogP) is 20.5. The monoisotopic (exact) mass is 1010 g/mol. The van der Waals surface area contributed by atoms with Gasteiger partial charge in [0.2, 0.25) is 0 Å². The molecule has 11 aromatic carbocycles. The lowest BCUT2D eigenvalue weighted by atomic mass is 9.70. The van der Waals surface area contributed by atoms with Crippen molar-refractivity contribution >= 4 is 34.1 Å². The van der Waals surface area contributed by atoms with Gasteiger partial charge in [0.05, 0.1) is 16.8 Å². The van der Waals surface area contributed by atoms with Gasteiger partial charge >= 0.3 is 0 Å². The van der Waals surface area contributed by atoms with Gasteiger partial charge in [0.25, 0.3) is 0 Å². The van der Waals surface area contributed by atoms with Gasteiger partial charge in [0.1, 0.15) is 0 Å². The molecule has 2 heteroatoms. The molecule has 16 rings (SSSR count). The minimum Gasteiger partial charge on any atom is -0.310 e. The minimum absolute atomic E-state index is 0.113. The lowest BCUT2D eigenvalue weighted by Gasteiger charge is -2.35. The molecule has 5 aliphatic rings. The molecule has 4 atom stereocenters. The van der Waals surface area contributed by atoms with Gasteiger partial charge in [-0.1, -0.05) is 208 Å². The van der Waals surface area contributed by atoms with E-state index in [1.165, 1.54) is 126 Å². The molecule has 1 spiro atoms. The van der Waals surface area contributed by atoms with Crippen molar-refractivity contribution in [3.8, 4) is 55.6 Å². The van der Waals surface area contributed by atoms with E-state index in [0.717, 1.165) is 40.3 Å². The van der Waals surface area contributed by atoms with Crippen LogP contribution >= 0.6 is 0 Å². The first-order valence-corrected chi connectivity index (χ1v) is 28.7. The highest BCUT2D eigenvalue weighted by Crippen LogP contribution is 2.66. The zero-order chi connectivity index (χ0) is 52.4. The van der Waals surface area contributed by atoms with Crippen molar-refractivity contribution in [3.63, 3.8) is 0 Å². The SMILES string of the molecule is CC1(C)c2ccccc2-c2cc(N(c3ccccc3)c3cc4c(cc3-c3cccc(C5CC6CCC5C6)c3)-c3ccccc3C43c4ccccc4-c4cc(-c5ccccc5)c(N(c5ccccc5)c5ccccc5)cc43)ccc21. The number of nitrogens with zero attached hydrogens (tertiary/aromatic N) is 2. The van der Waals surface area contributed by atoms with E-state index in [1.807, 2.05) is 0 Å². The van der Waals surface area contributed by atoms with Crippen molar-refractivity contribution in [2.75, 3.05) is 9.80 Å². The second kappa shape index (κ2) is 17.8. The summed E-state index contributed by atoms with van der Waals surface area (Å²) >= 11 is 0. The second-order valence-corrected chi connectivity index (χ2v) is 23.5. The fourth-order valence-electron chi connectivity index (χ4n) is 15.7. The Bertz CT molecular complexity index is 4160. The van der Waals surface area contributed by atoms with Crippen molar-refractivity contribution in [2.45, 2.75) is 56.3 Å². The van der Waals surface area contributed by atoms with Crippen molar-refractivity contribution in [2.24, 2.45) is 11.8 Å². The van der Waals surface area contributed by atoms with Crippen LogP contribution in [0.15, 0.2) is 261 Å². The summed E-state index contributed by atoms with van der Waals surface area (Å²) in [6.45, 7) is 4.77. The molecule has 2 fully saturated rings. The van der Waals surface area contributed by atoms with Crippen LogP contribution in [0, 0.1) is 11.8 Å². The second-order valence-electron chi connectivity index (χ2n) is 23.5. The summed E-state index contributed by atoms with van der Waals surface area (Å²) in [7, 11) is 0. The van der Waals surface area contributed by atoms with Crippen molar-refractivity contribution < 1.29 is 0 Å². The van der Waals surface area contributed by atoms with Crippen LogP contribution in [0.1, 0.15) is 84.4 Å². The van der Waals surface area contributed by atoms with E-state index >= 15 is 0 Å². The standard InChI is InChI=1S/C77H60N2/c1-76(2)68-35-18-15-32-59(68)65-45-58(40-41-69(65)76)79(57-30-13-6-14-31-57)75-49-73-67(47-64(75)53-25-21-24-52(44-53)62-43-50-38-39-54(62)42-50)61-34-17-20-37-71(61)77(73)70-36-19-16-33-60(70)66-46-63(51-22-7-3-8-23-51)74(48-72(66)77)78(55-26-9-4-10-27-55)56-28-11-5-12-29-56/h3-37,40-41,44-50,54,62H,38-39,42-43H2,1-2H3. The molecule has 0 amide bonds. The van der Waals surface area contributed by atoms with Crippen LogP contribution in [0.2, 0.25) is 0 Å². The molecule has 11 aromatic rings. The Morgan fingerprint density at radius 2 is 0.772 bits per heavy atom. The van der Waals surface area contributed by atoms with Crippen LogP contribution in [0.3, 0.4) is 0 Å². The minimum atomic E-state index is -0.664. The Hall–Kier alpha value is -8.98. The van der Waals surface area contributed by atoms with Gasteiger partial charge < -0.3 is 9.80 Å². The van der Waals surface area contributed by atoms with Gasteiger partial charge in [-0.2, -0.15) is 0 Å². The Morgan fingerprint density at radius 3 is 1.32 bits per heavy atom. The van der Waals surface area contributed by atoms with E-state index in [-0.39, 0.29) is 5.41 Å². The summed E-state index contributed by atoms with van der Waals surface area (Å²) in [4.78, 5) is 5.06. The first-order chi connectivity index (χ1) is 38.9. The van der Waals surface area contributed by atoms with E-state index in [0.29, 0.717) is 5.92 Å². The molecule has 0 aliphatic heterocycles. The maximum atomic E-state index is 2.63. The van der Waals surface area contributed by atoms with Crippen molar-refractivity contribution in [1.29, 1.82) is 0 Å². The van der Waals surface area contributed by atoms with Gasteiger partial charge in [-0.15, -0.1) is 0 Å². The van der Waals surface area contributed by atoms with E-state index in [4.69, 9.17) is 0 Å². The summed E-state index contributed by atoms with van der Waals surface area (Å²) < 4.78 is 0. The zero-order valence-electron chi connectivity index (χ0n) is 44.8. The molecule has 5 aliphatic carbocycles. The largest absolute Gasteiger partial charge is 0.310 e. The van der Waals surface area contributed by atoms with Crippen LogP contribution < -0.4 is 9.80 Å². The zero-order valence-corrected chi connectivity index (χ0v) is 44.8. The first kappa shape index (κ1) is 46.1. The van der Waals surface area contributed by atoms with Crippen LogP contribution in [0.4, 0.5) is 34.1 Å². The van der Waals surface area contributed by atoms with Gasteiger partial charge in [-0.05, 0) is 193 Å². The number of para-hydroxylation sites is 3. The molecule has 4 unspecified atom stereocenters. The maximum Gasteiger partial charge on any atom is 0.0727 e. The molecule has 2 nitrogen and oxygen atoms in total. The van der Waals surface area contributed by atoms with Crippen LogP contribution in [-0.2, 0) is 10.8 Å². The average molecular weight is 1010 g/mol. The smallest absolute Gasteiger partial charge is 0.0727 e.